The first-order chi connectivity index (χ1) is 13.2. The predicted molar refractivity (Wildman–Crippen MR) is 105 cm³/mol. The Morgan fingerprint density at radius 1 is 1.00 bits per heavy atom. The van der Waals surface area contributed by atoms with Gasteiger partial charge in [0.25, 0.3) is 0 Å². The van der Waals surface area contributed by atoms with Gasteiger partial charge in [-0.05, 0) is 30.4 Å². The van der Waals surface area contributed by atoms with Gasteiger partial charge in [0.1, 0.15) is 6.61 Å². The van der Waals surface area contributed by atoms with Gasteiger partial charge in [-0.1, -0.05) is 60.7 Å². The normalized spacial score (nSPS) is 19.0. The molecule has 2 atom stereocenters. The highest BCUT2D eigenvalue weighted by Gasteiger charge is 2.27. The van der Waals surface area contributed by atoms with Gasteiger partial charge in [0.15, 0.2) is 0 Å². The minimum atomic E-state index is -0.296. The van der Waals surface area contributed by atoms with Crippen LogP contribution in [0.4, 0.5) is 4.79 Å². The first-order valence-corrected chi connectivity index (χ1v) is 9.61. The highest BCUT2D eigenvalue weighted by atomic mass is 16.6. The lowest BCUT2D eigenvalue weighted by atomic mass is 10.1. The summed E-state index contributed by atoms with van der Waals surface area (Å²) in [6, 6.07) is 20.3. The van der Waals surface area contributed by atoms with Crippen LogP contribution in [0.3, 0.4) is 0 Å². The summed E-state index contributed by atoms with van der Waals surface area (Å²) in [5, 5.41) is 12.7. The van der Waals surface area contributed by atoms with Gasteiger partial charge >= 0.3 is 6.09 Å². The van der Waals surface area contributed by atoms with Crippen LogP contribution in [0.15, 0.2) is 60.7 Å². The maximum Gasteiger partial charge on any atom is 0.410 e. The first-order valence-electron chi connectivity index (χ1n) is 9.61. The van der Waals surface area contributed by atoms with E-state index in [1.54, 1.807) is 4.90 Å². The molecule has 1 heterocycles. The topological polar surface area (TPSA) is 61.8 Å². The average Bonchev–Trinajstić information content (AvgIpc) is 3.14. The second-order valence-electron chi connectivity index (χ2n) is 7.06. The third-order valence-electron chi connectivity index (χ3n) is 4.93. The number of hydrogen-bond acceptors (Lipinski definition) is 4. The van der Waals surface area contributed by atoms with E-state index >= 15 is 0 Å². The van der Waals surface area contributed by atoms with Crippen LogP contribution >= 0.6 is 0 Å². The van der Waals surface area contributed by atoms with Crippen LogP contribution in [-0.2, 0) is 17.9 Å². The molecule has 1 fully saturated rings. The van der Waals surface area contributed by atoms with Gasteiger partial charge in [0.2, 0.25) is 0 Å². The number of nitrogens with one attached hydrogen (secondary N) is 1. The van der Waals surface area contributed by atoms with Crippen molar-refractivity contribution in [2.45, 2.75) is 44.5 Å². The molecule has 2 aromatic carbocycles. The number of aliphatic hydroxyl groups is 1. The molecule has 1 aliphatic heterocycles. The Balaban J connectivity index is 1.61. The van der Waals surface area contributed by atoms with Crippen LogP contribution in [0.2, 0.25) is 0 Å². The van der Waals surface area contributed by atoms with Crippen molar-refractivity contribution in [2.75, 3.05) is 13.2 Å². The van der Waals surface area contributed by atoms with E-state index in [1.165, 1.54) is 0 Å². The number of ether oxygens (including phenoxy) is 1. The molecule has 2 unspecified atom stereocenters. The highest BCUT2D eigenvalue weighted by molar-refractivity contribution is 5.67. The third-order valence-corrected chi connectivity index (χ3v) is 4.93. The second kappa shape index (κ2) is 10.1. The smallest absolute Gasteiger partial charge is 0.410 e. The van der Waals surface area contributed by atoms with E-state index < -0.39 is 0 Å². The van der Waals surface area contributed by atoms with Crippen molar-refractivity contribution in [3.63, 3.8) is 0 Å². The molecule has 1 aliphatic rings. The van der Waals surface area contributed by atoms with Crippen molar-refractivity contribution in [2.24, 2.45) is 0 Å². The van der Waals surface area contributed by atoms with Crippen molar-refractivity contribution >= 4 is 6.09 Å². The Bertz CT molecular complexity index is 693. The highest BCUT2D eigenvalue weighted by Crippen LogP contribution is 2.18. The lowest BCUT2D eigenvalue weighted by Gasteiger charge is -2.26. The summed E-state index contributed by atoms with van der Waals surface area (Å²) in [6.45, 7) is 1.59. The predicted octanol–water partition coefficient (Wildman–Crippen LogP) is 3.33. The zero-order valence-electron chi connectivity index (χ0n) is 15.6. The molecule has 2 N–H and O–H groups in total. The van der Waals surface area contributed by atoms with Crippen molar-refractivity contribution in [1.29, 1.82) is 0 Å². The fourth-order valence-corrected chi connectivity index (χ4v) is 3.51. The summed E-state index contributed by atoms with van der Waals surface area (Å²) in [5.74, 6) is 0. The number of carbonyl (C=O) groups excluding carboxylic acids is 1. The van der Waals surface area contributed by atoms with E-state index in [4.69, 9.17) is 9.84 Å². The van der Waals surface area contributed by atoms with Crippen molar-refractivity contribution in [3.05, 3.63) is 71.8 Å². The van der Waals surface area contributed by atoms with Crippen LogP contribution in [0.25, 0.3) is 0 Å². The molecule has 0 aromatic heterocycles. The largest absolute Gasteiger partial charge is 0.445 e. The van der Waals surface area contributed by atoms with Crippen molar-refractivity contribution < 1.29 is 14.6 Å². The molecule has 3 rings (SSSR count). The van der Waals surface area contributed by atoms with E-state index in [0.29, 0.717) is 19.1 Å². The van der Waals surface area contributed by atoms with E-state index in [9.17, 15) is 4.79 Å². The number of aliphatic hydroxyl groups excluding tert-OH is 1. The van der Waals surface area contributed by atoms with Crippen molar-refractivity contribution in [1.82, 2.24) is 10.2 Å². The Kier molecular flexibility index (Phi) is 7.25. The van der Waals surface area contributed by atoms with Crippen LogP contribution in [0, 0.1) is 0 Å². The summed E-state index contributed by atoms with van der Waals surface area (Å²) in [7, 11) is 0. The Labute approximate surface area is 161 Å². The van der Waals surface area contributed by atoms with Crippen molar-refractivity contribution in [3.8, 4) is 0 Å². The zero-order chi connectivity index (χ0) is 18.9. The van der Waals surface area contributed by atoms with Gasteiger partial charge in [0, 0.05) is 31.8 Å². The number of benzene rings is 2. The first kappa shape index (κ1) is 19.4. The fraction of sp³-hybridized carbons (Fsp3) is 0.409. The van der Waals surface area contributed by atoms with Crippen LogP contribution in [-0.4, -0.2) is 41.3 Å². The lowest BCUT2D eigenvalue weighted by molar-refractivity contribution is 0.0902. The molecular formula is C22H28N2O3. The molecule has 27 heavy (non-hydrogen) atoms. The quantitative estimate of drug-likeness (QED) is 0.750. The fourth-order valence-electron chi connectivity index (χ4n) is 3.51. The molecule has 1 saturated heterocycles. The monoisotopic (exact) mass is 368 g/mol. The third kappa shape index (κ3) is 6.08. The Morgan fingerprint density at radius 3 is 2.30 bits per heavy atom. The van der Waals surface area contributed by atoms with Gasteiger partial charge in [-0.2, -0.15) is 0 Å². The summed E-state index contributed by atoms with van der Waals surface area (Å²) < 4.78 is 5.57. The molecule has 5 nitrogen and oxygen atoms in total. The Morgan fingerprint density at radius 2 is 1.63 bits per heavy atom. The van der Waals surface area contributed by atoms with E-state index in [1.807, 2.05) is 60.7 Å². The maximum atomic E-state index is 12.8. The summed E-state index contributed by atoms with van der Waals surface area (Å²) >= 11 is 0. The van der Waals surface area contributed by atoms with Gasteiger partial charge in [-0.15, -0.1) is 0 Å². The summed E-state index contributed by atoms with van der Waals surface area (Å²) in [5.41, 5.74) is 2.06. The Hall–Kier alpha value is -2.37. The van der Waals surface area contributed by atoms with Gasteiger partial charge in [-0.25, -0.2) is 4.79 Å². The van der Waals surface area contributed by atoms with Gasteiger partial charge in [0.05, 0.1) is 0 Å². The lowest BCUT2D eigenvalue weighted by Crippen LogP contribution is -2.42. The molecule has 0 aliphatic carbocycles. The van der Waals surface area contributed by atoms with Crippen LogP contribution < -0.4 is 5.32 Å². The molecule has 0 spiro atoms. The van der Waals surface area contributed by atoms with E-state index in [0.717, 1.165) is 30.4 Å². The zero-order valence-corrected chi connectivity index (χ0v) is 15.6. The number of nitrogens with zero attached hydrogens (tertiary/aromatic N) is 1. The molecular weight excluding hydrogens is 340 g/mol. The molecule has 144 valence electrons. The molecule has 2 aromatic rings. The number of carbonyl (C=O) groups is 1. The minimum absolute atomic E-state index is 0.192. The number of amides is 1. The van der Waals surface area contributed by atoms with Gasteiger partial charge < -0.3 is 20.1 Å². The summed E-state index contributed by atoms with van der Waals surface area (Å²) in [6.07, 6.45) is 2.49. The molecule has 5 heteroatoms. The molecule has 0 saturated carbocycles. The maximum absolute atomic E-state index is 12.8. The van der Waals surface area contributed by atoms with Gasteiger partial charge in [-0.3, -0.25) is 0 Å². The minimum Gasteiger partial charge on any atom is -0.445 e. The molecule has 0 radical (unpaired) electrons. The van der Waals surface area contributed by atoms with Crippen LogP contribution in [0.5, 0.6) is 0 Å². The SMILES string of the molecule is O=C(OCc1ccccc1)N(Cc1ccccc1)CC1CCC(CCO)N1. The van der Waals surface area contributed by atoms with E-state index in [2.05, 4.69) is 5.32 Å². The standard InChI is InChI=1S/C22H28N2O3/c25-14-13-20-11-12-21(23-20)16-24(15-18-7-3-1-4-8-18)22(26)27-17-19-9-5-2-6-10-19/h1-10,20-21,23,25H,11-17H2. The van der Waals surface area contributed by atoms with Crippen LogP contribution in [0.1, 0.15) is 30.4 Å². The summed E-state index contributed by atoms with van der Waals surface area (Å²) in [4.78, 5) is 14.5. The molecule has 0 bridgehead atoms. The second-order valence-corrected chi connectivity index (χ2v) is 7.06. The number of hydrogen-bond donors (Lipinski definition) is 2. The van der Waals surface area contributed by atoms with E-state index in [-0.39, 0.29) is 25.3 Å². The molecule has 1 amide bonds. The average molecular weight is 368 g/mol. The number of rotatable bonds is 8.